The molecule has 18 heavy (non-hydrogen) atoms. The van der Waals surface area contributed by atoms with Crippen molar-refractivity contribution in [2.45, 2.75) is 13.5 Å². The molecule has 0 aliphatic heterocycles. The van der Waals surface area contributed by atoms with Crippen LogP contribution in [0.4, 0.5) is 5.69 Å². The summed E-state index contributed by atoms with van der Waals surface area (Å²) in [4.78, 5) is 0. The van der Waals surface area contributed by atoms with Crippen LogP contribution in [0.5, 0.6) is 0 Å². The molecule has 0 radical (unpaired) electrons. The Labute approximate surface area is 125 Å². The second-order valence-electron chi connectivity index (χ2n) is 4.00. The van der Waals surface area contributed by atoms with Crippen molar-refractivity contribution in [2.75, 3.05) is 5.32 Å². The van der Waals surface area contributed by atoms with Gasteiger partial charge in [-0.3, -0.25) is 0 Å². The molecule has 0 spiro atoms. The molecule has 0 heterocycles. The first kappa shape index (κ1) is 13.7. The summed E-state index contributed by atoms with van der Waals surface area (Å²) in [5, 5.41) is 4.71. The number of anilines is 1. The Morgan fingerprint density at radius 3 is 2.67 bits per heavy atom. The molecular weight excluding hydrogens is 333 g/mol. The molecule has 0 aromatic heterocycles. The molecule has 2 aromatic rings. The Kier molecular flexibility index (Phi) is 4.55. The molecule has 94 valence electrons. The fourth-order valence-electron chi connectivity index (χ4n) is 1.65. The molecule has 0 saturated heterocycles. The summed E-state index contributed by atoms with van der Waals surface area (Å²) < 4.78 is 1.09. The van der Waals surface area contributed by atoms with E-state index in [1.54, 1.807) is 6.07 Å². The molecule has 0 fully saturated rings. The lowest BCUT2D eigenvalue weighted by atomic mass is 10.2. The van der Waals surface area contributed by atoms with E-state index < -0.39 is 0 Å². The summed E-state index contributed by atoms with van der Waals surface area (Å²) in [6.07, 6.45) is 0. The van der Waals surface area contributed by atoms with Crippen LogP contribution in [-0.2, 0) is 6.54 Å². The summed E-state index contributed by atoms with van der Waals surface area (Å²) in [6.45, 7) is 2.74. The van der Waals surface area contributed by atoms with E-state index in [9.17, 15) is 0 Å². The molecule has 0 atom stereocenters. The molecule has 0 aliphatic carbocycles. The van der Waals surface area contributed by atoms with Crippen molar-refractivity contribution in [2.24, 2.45) is 0 Å². The maximum absolute atomic E-state index is 6.13. The number of nitrogens with one attached hydrogen (secondary N) is 1. The van der Waals surface area contributed by atoms with Gasteiger partial charge in [0.05, 0.1) is 0 Å². The van der Waals surface area contributed by atoms with Gasteiger partial charge in [-0.1, -0.05) is 51.3 Å². The van der Waals surface area contributed by atoms with Crippen LogP contribution < -0.4 is 5.32 Å². The maximum Gasteiger partial charge on any atom is 0.0470 e. The molecule has 0 aliphatic rings. The Hall–Kier alpha value is -0.700. The van der Waals surface area contributed by atoms with E-state index in [0.717, 1.165) is 15.7 Å². The zero-order valence-electron chi connectivity index (χ0n) is 9.81. The highest BCUT2D eigenvalue weighted by Crippen LogP contribution is 2.26. The van der Waals surface area contributed by atoms with Gasteiger partial charge in [0.2, 0.25) is 0 Å². The van der Waals surface area contributed by atoms with Crippen molar-refractivity contribution >= 4 is 44.8 Å². The summed E-state index contributed by atoms with van der Waals surface area (Å²) in [5.41, 5.74) is 3.30. The molecule has 2 rings (SSSR count). The summed E-state index contributed by atoms with van der Waals surface area (Å²) in [7, 11) is 0. The molecule has 4 heteroatoms. The molecule has 0 saturated carbocycles. The van der Waals surface area contributed by atoms with E-state index in [1.165, 1.54) is 5.56 Å². The monoisotopic (exact) mass is 343 g/mol. The van der Waals surface area contributed by atoms with Crippen LogP contribution in [0.1, 0.15) is 11.1 Å². The standard InChI is InChI=1S/C14H12BrCl2N/c1-9-12(15)3-2-4-14(9)18-8-10-5-6-11(16)7-13(10)17/h2-7,18H,8H2,1H3. The Balaban J connectivity index is 2.14. The van der Waals surface area contributed by atoms with Gasteiger partial charge in [-0.2, -0.15) is 0 Å². The van der Waals surface area contributed by atoms with Crippen molar-refractivity contribution in [3.63, 3.8) is 0 Å². The van der Waals surface area contributed by atoms with Crippen molar-refractivity contribution in [3.05, 3.63) is 62.0 Å². The molecule has 0 amide bonds. The first-order valence-corrected chi connectivity index (χ1v) is 7.06. The minimum absolute atomic E-state index is 0.655. The highest BCUT2D eigenvalue weighted by atomic mass is 79.9. The zero-order valence-corrected chi connectivity index (χ0v) is 12.9. The van der Waals surface area contributed by atoms with Gasteiger partial charge in [0, 0.05) is 26.8 Å². The van der Waals surface area contributed by atoms with Crippen molar-refractivity contribution in [3.8, 4) is 0 Å². The summed E-state index contributed by atoms with van der Waals surface area (Å²) >= 11 is 15.5. The quantitative estimate of drug-likeness (QED) is 0.755. The Morgan fingerprint density at radius 2 is 1.94 bits per heavy atom. The minimum atomic E-state index is 0.655. The van der Waals surface area contributed by atoms with Crippen LogP contribution in [0.3, 0.4) is 0 Å². The van der Waals surface area contributed by atoms with E-state index in [2.05, 4.69) is 28.2 Å². The second kappa shape index (κ2) is 5.96. The number of hydrogen-bond donors (Lipinski definition) is 1. The van der Waals surface area contributed by atoms with Crippen LogP contribution in [-0.4, -0.2) is 0 Å². The van der Waals surface area contributed by atoms with Crippen LogP contribution in [0.2, 0.25) is 10.0 Å². The van der Waals surface area contributed by atoms with Gasteiger partial charge < -0.3 is 5.32 Å². The number of halogens is 3. The van der Waals surface area contributed by atoms with Gasteiger partial charge >= 0.3 is 0 Å². The van der Waals surface area contributed by atoms with E-state index >= 15 is 0 Å². The predicted octanol–water partition coefficient (Wildman–Crippen LogP) is 5.68. The Bertz CT molecular complexity index is 570. The summed E-state index contributed by atoms with van der Waals surface area (Å²) in [6, 6.07) is 11.6. The maximum atomic E-state index is 6.13. The molecule has 0 unspecified atom stereocenters. The van der Waals surface area contributed by atoms with Crippen LogP contribution >= 0.6 is 39.1 Å². The second-order valence-corrected chi connectivity index (χ2v) is 5.70. The molecule has 0 bridgehead atoms. The van der Waals surface area contributed by atoms with Crippen molar-refractivity contribution in [1.29, 1.82) is 0 Å². The highest BCUT2D eigenvalue weighted by Gasteiger charge is 2.04. The lowest BCUT2D eigenvalue weighted by molar-refractivity contribution is 1.14. The third-order valence-electron chi connectivity index (χ3n) is 2.75. The van der Waals surface area contributed by atoms with E-state index in [0.29, 0.717) is 16.6 Å². The van der Waals surface area contributed by atoms with E-state index in [4.69, 9.17) is 23.2 Å². The minimum Gasteiger partial charge on any atom is -0.381 e. The predicted molar refractivity (Wildman–Crippen MR) is 82.7 cm³/mol. The highest BCUT2D eigenvalue weighted by molar-refractivity contribution is 9.10. The fraction of sp³-hybridized carbons (Fsp3) is 0.143. The lowest BCUT2D eigenvalue weighted by Crippen LogP contribution is -2.01. The molecule has 2 aromatic carbocycles. The van der Waals surface area contributed by atoms with Gasteiger partial charge in [0.25, 0.3) is 0 Å². The van der Waals surface area contributed by atoms with Crippen molar-refractivity contribution < 1.29 is 0 Å². The third-order valence-corrected chi connectivity index (χ3v) is 4.20. The first-order chi connectivity index (χ1) is 8.58. The number of hydrogen-bond acceptors (Lipinski definition) is 1. The van der Waals surface area contributed by atoms with Crippen LogP contribution in [0.15, 0.2) is 40.9 Å². The summed E-state index contributed by atoms with van der Waals surface area (Å²) in [5.74, 6) is 0. The fourth-order valence-corrected chi connectivity index (χ4v) is 2.50. The largest absolute Gasteiger partial charge is 0.381 e. The van der Waals surface area contributed by atoms with Gasteiger partial charge in [0.1, 0.15) is 0 Å². The Morgan fingerprint density at radius 1 is 1.17 bits per heavy atom. The average Bonchev–Trinajstić information content (AvgIpc) is 2.33. The van der Waals surface area contributed by atoms with Gasteiger partial charge in [-0.25, -0.2) is 0 Å². The lowest BCUT2D eigenvalue weighted by Gasteiger charge is -2.11. The van der Waals surface area contributed by atoms with Gasteiger partial charge in [0.15, 0.2) is 0 Å². The van der Waals surface area contributed by atoms with Gasteiger partial charge in [-0.15, -0.1) is 0 Å². The smallest absolute Gasteiger partial charge is 0.0470 e. The zero-order chi connectivity index (χ0) is 13.1. The van der Waals surface area contributed by atoms with Crippen LogP contribution in [0, 0.1) is 6.92 Å². The normalized spacial score (nSPS) is 10.4. The van der Waals surface area contributed by atoms with Crippen LogP contribution in [0.25, 0.3) is 0 Å². The van der Waals surface area contributed by atoms with E-state index in [-0.39, 0.29) is 0 Å². The number of rotatable bonds is 3. The number of benzene rings is 2. The molecule has 1 nitrogen and oxygen atoms in total. The third kappa shape index (κ3) is 3.19. The molecular formula is C14H12BrCl2N. The van der Waals surface area contributed by atoms with Crippen molar-refractivity contribution in [1.82, 2.24) is 0 Å². The SMILES string of the molecule is Cc1c(Br)cccc1NCc1ccc(Cl)cc1Cl. The van der Waals surface area contributed by atoms with Gasteiger partial charge in [-0.05, 0) is 42.3 Å². The molecule has 1 N–H and O–H groups in total. The first-order valence-electron chi connectivity index (χ1n) is 5.51. The average molecular weight is 345 g/mol. The van der Waals surface area contributed by atoms with E-state index in [1.807, 2.05) is 30.3 Å². The topological polar surface area (TPSA) is 12.0 Å².